The predicted octanol–water partition coefficient (Wildman–Crippen LogP) is 2.42. The van der Waals surface area contributed by atoms with Crippen LogP contribution in [0, 0.1) is 6.92 Å². The van der Waals surface area contributed by atoms with Crippen LogP contribution in [0.3, 0.4) is 0 Å². The molecule has 2 rings (SSSR count). The fourth-order valence-corrected chi connectivity index (χ4v) is 4.00. The van der Waals surface area contributed by atoms with Crippen molar-refractivity contribution in [3.8, 4) is 0 Å². The van der Waals surface area contributed by atoms with Gasteiger partial charge in [-0.25, -0.2) is 0 Å². The van der Waals surface area contributed by atoms with E-state index in [1.807, 2.05) is 4.90 Å². The lowest BCUT2D eigenvalue weighted by atomic mass is 10.1. The summed E-state index contributed by atoms with van der Waals surface area (Å²) in [6.07, 6.45) is 4.65. The summed E-state index contributed by atoms with van der Waals surface area (Å²) in [6, 6.07) is 4.08. The van der Waals surface area contributed by atoms with Crippen molar-refractivity contribution < 1.29 is 9.00 Å². The Kier molecular flexibility index (Phi) is 5.96. The minimum atomic E-state index is -0.877. The van der Waals surface area contributed by atoms with Crippen LogP contribution in [-0.2, 0) is 15.6 Å². The van der Waals surface area contributed by atoms with Gasteiger partial charge in [0.15, 0.2) is 0 Å². The summed E-state index contributed by atoms with van der Waals surface area (Å²) in [5.74, 6) is 0.694. The van der Waals surface area contributed by atoms with Crippen LogP contribution < -0.4 is 5.32 Å². The third kappa shape index (κ3) is 4.14. The second-order valence-electron chi connectivity index (χ2n) is 5.52. The summed E-state index contributed by atoms with van der Waals surface area (Å²) in [4.78, 5) is 16.9. The maximum absolute atomic E-state index is 12.6. The lowest BCUT2D eigenvalue weighted by Gasteiger charge is -2.22. The van der Waals surface area contributed by atoms with Gasteiger partial charge >= 0.3 is 0 Å². The smallest absolute Gasteiger partial charge is 0.241 e. The molecule has 1 aliphatic rings. The molecule has 0 aliphatic carbocycles. The van der Waals surface area contributed by atoms with E-state index in [4.69, 9.17) is 0 Å². The number of carbonyl (C=O) groups excluding carboxylic acids is 1. The van der Waals surface area contributed by atoms with E-state index in [0.29, 0.717) is 12.3 Å². The van der Waals surface area contributed by atoms with Crippen molar-refractivity contribution in [1.82, 2.24) is 10.2 Å². The Morgan fingerprint density at radius 2 is 2.19 bits per heavy atom. The quantitative estimate of drug-likeness (QED) is 0.836. The Morgan fingerprint density at radius 1 is 1.43 bits per heavy atom. The Balaban J connectivity index is 2.14. The van der Waals surface area contributed by atoms with Crippen LogP contribution in [0.5, 0.6) is 0 Å². The minimum Gasteiger partial charge on any atom is -0.320 e. The normalized spacial score (nSPS) is 23.8. The molecular formula is C15H24N2O2S2. The van der Waals surface area contributed by atoms with E-state index < -0.39 is 10.8 Å². The van der Waals surface area contributed by atoms with Crippen LogP contribution in [0.4, 0.5) is 0 Å². The van der Waals surface area contributed by atoms with Crippen molar-refractivity contribution in [1.29, 1.82) is 0 Å². The lowest BCUT2D eigenvalue weighted by molar-refractivity contribution is -0.129. The third-order valence-electron chi connectivity index (χ3n) is 3.75. The summed E-state index contributed by atoms with van der Waals surface area (Å²) in [6.45, 7) is 4.77. The van der Waals surface area contributed by atoms with Gasteiger partial charge in [0.25, 0.3) is 0 Å². The Labute approximate surface area is 133 Å². The molecule has 3 unspecified atom stereocenters. The summed E-state index contributed by atoms with van der Waals surface area (Å²) in [7, 11) is -0.877. The van der Waals surface area contributed by atoms with Crippen LogP contribution in [0.25, 0.3) is 0 Å². The zero-order chi connectivity index (χ0) is 15.4. The summed E-state index contributed by atoms with van der Waals surface area (Å²) >= 11 is 1.72. The van der Waals surface area contributed by atoms with E-state index in [0.717, 1.165) is 19.3 Å². The number of amides is 1. The van der Waals surface area contributed by atoms with E-state index in [9.17, 15) is 9.00 Å². The van der Waals surface area contributed by atoms with Gasteiger partial charge in [-0.2, -0.15) is 0 Å². The molecule has 1 saturated heterocycles. The third-order valence-corrected chi connectivity index (χ3v) is 5.56. The standard InChI is InChI=1S/C15H24N2O2S2/c1-4-5-6-12-15(18)17(9-10-21(3)19)14(16-12)13-8-7-11(2)20-13/h7-8,12,14,16H,4-6,9-10H2,1-3H3. The van der Waals surface area contributed by atoms with Crippen molar-refractivity contribution in [3.63, 3.8) is 0 Å². The number of unbranched alkanes of at least 4 members (excludes halogenated alkanes) is 1. The number of hydrogen-bond acceptors (Lipinski definition) is 4. The van der Waals surface area contributed by atoms with Gasteiger partial charge in [-0.3, -0.25) is 14.3 Å². The number of thiophene rings is 1. The molecule has 1 amide bonds. The molecule has 4 nitrogen and oxygen atoms in total. The number of hydrogen-bond donors (Lipinski definition) is 1. The highest BCUT2D eigenvalue weighted by Gasteiger charge is 2.39. The van der Waals surface area contributed by atoms with Crippen molar-refractivity contribution >= 4 is 28.0 Å². The molecule has 0 saturated carbocycles. The molecule has 1 aromatic rings. The first-order valence-corrected chi connectivity index (χ1v) is 10.00. The summed E-state index contributed by atoms with van der Waals surface area (Å²) < 4.78 is 11.4. The van der Waals surface area contributed by atoms with Crippen molar-refractivity contribution in [2.75, 3.05) is 18.6 Å². The van der Waals surface area contributed by atoms with Crippen LogP contribution in [0.15, 0.2) is 12.1 Å². The highest BCUT2D eigenvalue weighted by atomic mass is 32.2. The van der Waals surface area contributed by atoms with Gasteiger partial charge in [0.05, 0.1) is 6.04 Å². The Morgan fingerprint density at radius 3 is 2.76 bits per heavy atom. The first kappa shape index (κ1) is 16.6. The van der Waals surface area contributed by atoms with Crippen LogP contribution >= 0.6 is 11.3 Å². The molecule has 0 spiro atoms. The number of nitrogens with one attached hydrogen (secondary N) is 1. The second kappa shape index (κ2) is 7.51. The van der Waals surface area contributed by atoms with Gasteiger partial charge in [-0.1, -0.05) is 19.8 Å². The fourth-order valence-electron chi connectivity index (χ4n) is 2.60. The van der Waals surface area contributed by atoms with Gasteiger partial charge in [0.1, 0.15) is 6.17 Å². The van der Waals surface area contributed by atoms with Gasteiger partial charge < -0.3 is 4.90 Å². The van der Waals surface area contributed by atoms with Crippen molar-refractivity contribution in [2.24, 2.45) is 0 Å². The topological polar surface area (TPSA) is 49.4 Å². The molecule has 2 heterocycles. The van der Waals surface area contributed by atoms with Gasteiger partial charge in [0, 0.05) is 39.1 Å². The Bertz CT molecular complexity index is 516. The monoisotopic (exact) mass is 328 g/mol. The maximum atomic E-state index is 12.6. The molecule has 1 aromatic heterocycles. The summed E-state index contributed by atoms with van der Waals surface area (Å²) in [5, 5.41) is 3.47. The fraction of sp³-hybridized carbons (Fsp3) is 0.667. The number of nitrogens with zero attached hydrogens (tertiary/aromatic N) is 1. The van der Waals surface area contributed by atoms with Crippen LogP contribution in [0.1, 0.15) is 42.1 Å². The first-order chi connectivity index (χ1) is 10.0. The van der Waals surface area contributed by atoms with E-state index in [1.54, 1.807) is 17.6 Å². The molecule has 1 N–H and O–H groups in total. The zero-order valence-electron chi connectivity index (χ0n) is 12.9. The SMILES string of the molecule is CCCCC1NC(c2ccc(C)s2)N(CCS(C)=O)C1=O. The van der Waals surface area contributed by atoms with E-state index in [2.05, 4.69) is 31.3 Å². The average molecular weight is 329 g/mol. The maximum Gasteiger partial charge on any atom is 0.241 e. The minimum absolute atomic E-state index is 0.0541. The molecule has 118 valence electrons. The summed E-state index contributed by atoms with van der Waals surface area (Å²) in [5.41, 5.74) is 0. The predicted molar refractivity (Wildman–Crippen MR) is 88.9 cm³/mol. The Hall–Kier alpha value is -0.720. The van der Waals surface area contributed by atoms with Crippen molar-refractivity contribution in [2.45, 2.75) is 45.3 Å². The van der Waals surface area contributed by atoms with Crippen LogP contribution in [-0.4, -0.2) is 39.6 Å². The van der Waals surface area contributed by atoms with E-state index in [-0.39, 0.29) is 18.1 Å². The second-order valence-corrected chi connectivity index (χ2v) is 8.40. The highest BCUT2D eigenvalue weighted by molar-refractivity contribution is 7.84. The van der Waals surface area contributed by atoms with Gasteiger partial charge in [-0.05, 0) is 25.5 Å². The molecule has 0 aromatic carbocycles. The molecule has 0 bridgehead atoms. The van der Waals surface area contributed by atoms with E-state index in [1.165, 1.54) is 9.75 Å². The molecule has 0 radical (unpaired) electrons. The molecule has 6 heteroatoms. The highest BCUT2D eigenvalue weighted by Crippen LogP contribution is 2.31. The van der Waals surface area contributed by atoms with Crippen LogP contribution in [0.2, 0.25) is 0 Å². The molecule has 1 aliphatic heterocycles. The van der Waals surface area contributed by atoms with Gasteiger partial charge in [0.2, 0.25) is 5.91 Å². The molecule has 1 fully saturated rings. The number of rotatable bonds is 7. The zero-order valence-corrected chi connectivity index (χ0v) is 14.6. The first-order valence-electron chi connectivity index (χ1n) is 7.45. The average Bonchev–Trinajstić information content (AvgIpc) is 2.98. The molecule has 21 heavy (non-hydrogen) atoms. The molecular weight excluding hydrogens is 304 g/mol. The number of aryl methyl sites for hydroxylation is 1. The lowest BCUT2D eigenvalue weighted by Crippen LogP contribution is -2.34. The van der Waals surface area contributed by atoms with E-state index >= 15 is 0 Å². The molecule has 3 atom stereocenters. The largest absolute Gasteiger partial charge is 0.320 e. The number of carbonyl (C=O) groups is 1. The van der Waals surface area contributed by atoms with Gasteiger partial charge in [-0.15, -0.1) is 11.3 Å². The van der Waals surface area contributed by atoms with Crippen molar-refractivity contribution in [3.05, 3.63) is 21.9 Å².